The van der Waals surface area contributed by atoms with Crippen LogP contribution in [0, 0.1) is 23.2 Å². The minimum Gasteiger partial charge on any atom is -0.481 e. The summed E-state index contributed by atoms with van der Waals surface area (Å²) in [6.07, 6.45) is 0. The zero-order chi connectivity index (χ0) is 13.8. The number of hydrogen-bond donors (Lipinski definition) is 2. The highest BCUT2D eigenvalue weighted by atomic mass is 16.4. The third-order valence-corrected chi connectivity index (χ3v) is 3.50. The molecule has 0 saturated carbocycles. The standard InChI is InChI=1S/C13H25NO3/c1-8(2)10(12(16)17)11(15)14-7-13(5,6)9(3)4/h8-10H,7H2,1-6H3,(H,14,15)(H,16,17). The van der Waals surface area contributed by atoms with Crippen LogP contribution in [0.4, 0.5) is 0 Å². The van der Waals surface area contributed by atoms with Gasteiger partial charge in [0.05, 0.1) is 0 Å². The molecule has 1 unspecified atom stereocenters. The molecular formula is C13H25NO3. The van der Waals surface area contributed by atoms with Gasteiger partial charge in [-0.05, 0) is 17.3 Å². The van der Waals surface area contributed by atoms with Crippen LogP contribution < -0.4 is 5.32 Å². The number of rotatable bonds is 6. The Morgan fingerprint density at radius 3 is 1.94 bits per heavy atom. The van der Waals surface area contributed by atoms with Gasteiger partial charge in [-0.2, -0.15) is 0 Å². The van der Waals surface area contributed by atoms with Crippen molar-refractivity contribution in [2.24, 2.45) is 23.2 Å². The number of carboxylic acid groups (broad SMARTS) is 1. The van der Waals surface area contributed by atoms with Crippen LogP contribution in [0.1, 0.15) is 41.5 Å². The summed E-state index contributed by atoms with van der Waals surface area (Å²) in [6, 6.07) is 0. The van der Waals surface area contributed by atoms with Gasteiger partial charge in [0, 0.05) is 6.54 Å². The molecule has 17 heavy (non-hydrogen) atoms. The minimum atomic E-state index is -1.06. The van der Waals surface area contributed by atoms with E-state index in [1.54, 1.807) is 13.8 Å². The van der Waals surface area contributed by atoms with Crippen molar-refractivity contribution in [3.05, 3.63) is 0 Å². The molecule has 0 aliphatic heterocycles. The Labute approximate surface area is 104 Å². The van der Waals surface area contributed by atoms with Crippen LogP contribution in [-0.4, -0.2) is 23.5 Å². The zero-order valence-electron chi connectivity index (χ0n) is 11.7. The quantitative estimate of drug-likeness (QED) is 0.702. The molecule has 0 bridgehead atoms. The number of carbonyl (C=O) groups is 2. The van der Waals surface area contributed by atoms with Crippen LogP contribution in [0.15, 0.2) is 0 Å². The van der Waals surface area contributed by atoms with E-state index in [2.05, 4.69) is 33.0 Å². The molecule has 0 aromatic heterocycles. The fourth-order valence-electron chi connectivity index (χ4n) is 1.33. The number of carbonyl (C=O) groups excluding carboxylic acids is 1. The van der Waals surface area contributed by atoms with Gasteiger partial charge in [-0.1, -0.05) is 41.5 Å². The Kier molecular flexibility index (Phi) is 5.66. The number of aliphatic carboxylic acids is 1. The molecule has 0 radical (unpaired) electrons. The SMILES string of the molecule is CC(C)C(C(=O)O)C(=O)NCC(C)(C)C(C)C. The predicted octanol–water partition coefficient (Wildman–Crippen LogP) is 2.14. The molecule has 2 N–H and O–H groups in total. The van der Waals surface area contributed by atoms with Crippen molar-refractivity contribution < 1.29 is 14.7 Å². The fourth-order valence-corrected chi connectivity index (χ4v) is 1.33. The van der Waals surface area contributed by atoms with E-state index in [0.29, 0.717) is 12.5 Å². The monoisotopic (exact) mass is 243 g/mol. The maximum Gasteiger partial charge on any atom is 0.316 e. The molecule has 0 saturated heterocycles. The van der Waals surface area contributed by atoms with Gasteiger partial charge in [0.2, 0.25) is 5.91 Å². The summed E-state index contributed by atoms with van der Waals surface area (Å²) in [5.41, 5.74) is -0.0321. The first-order valence-electron chi connectivity index (χ1n) is 6.10. The zero-order valence-corrected chi connectivity index (χ0v) is 11.7. The van der Waals surface area contributed by atoms with E-state index < -0.39 is 11.9 Å². The van der Waals surface area contributed by atoms with Gasteiger partial charge >= 0.3 is 5.97 Å². The van der Waals surface area contributed by atoms with Crippen molar-refractivity contribution in [1.82, 2.24) is 5.32 Å². The van der Waals surface area contributed by atoms with Crippen molar-refractivity contribution in [3.63, 3.8) is 0 Å². The lowest BCUT2D eigenvalue weighted by atomic mass is 9.81. The van der Waals surface area contributed by atoms with Crippen molar-refractivity contribution in [3.8, 4) is 0 Å². The van der Waals surface area contributed by atoms with Crippen LogP contribution in [0.3, 0.4) is 0 Å². The number of hydrogen-bond acceptors (Lipinski definition) is 2. The first-order valence-corrected chi connectivity index (χ1v) is 6.10. The molecule has 4 heteroatoms. The van der Waals surface area contributed by atoms with Gasteiger partial charge in [0.1, 0.15) is 5.92 Å². The van der Waals surface area contributed by atoms with E-state index >= 15 is 0 Å². The molecule has 0 heterocycles. The number of carboxylic acids is 1. The van der Waals surface area contributed by atoms with Crippen molar-refractivity contribution in [1.29, 1.82) is 0 Å². The van der Waals surface area contributed by atoms with E-state index in [0.717, 1.165) is 0 Å². The molecule has 0 fully saturated rings. The first-order chi connectivity index (χ1) is 7.59. The second-order valence-electron chi connectivity index (χ2n) is 5.92. The number of amides is 1. The van der Waals surface area contributed by atoms with E-state index in [1.165, 1.54) is 0 Å². The maximum atomic E-state index is 11.8. The second kappa shape index (κ2) is 6.03. The van der Waals surface area contributed by atoms with E-state index in [4.69, 9.17) is 5.11 Å². The highest BCUT2D eigenvalue weighted by molar-refractivity contribution is 5.97. The minimum absolute atomic E-state index is 0.0321. The molecular weight excluding hydrogens is 218 g/mol. The summed E-state index contributed by atoms with van der Waals surface area (Å²) in [5.74, 6) is -2.18. The Bertz CT molecular complexity index is 282. The van der Waals surface area contributed by atoms with Crippen LogP contribution in [0.5, 0.6) is 0 Å². The first kappa shape index (κ1) is 15.9. The Balaban J connectivity index is 4.49. The summed E-state index contributed by atoms with van der Waals surface area (Å²) < 4.78 is 0. The molecule has 1 atom stereocenters. The largest absolute Gasteiger partial charge is 0.481 e. The molecule has 0 rings (SSSR count). The Morgan fingerprint density at radius 1 is 1.18 bits per heavy atom. The van der Waals surface area contributed by atoms with Crippen molar-refractivity contribution >= 4 is 11.9 Å². The van der Waals surface area contributed by atoms with Gasteiger partial charge in [-0.15, -0.1) is 0 Å². The van der Waals surface area contributed by atoms with Crippen molar-refractivity contribution in [2.75, 3.05) is 6.54 Å². The van der Waals surface area contributed by atoms with Crippen LogP contribution in [-0.2, 0) is 9.59 Å². The smallest absolute Gasteiger partial charge is 0.316 e. The molecule has 0 aromatic carbocycles. The molecule has 4 nitrogen and oxygen atoms in total. The summed E-state index contributed by atoms with van der Waals surface area (Å²) in [7, 11) is 0. The topological polar surface area (TPSA) is 66.4 Å². The normalized spacial score (nSPS) is 13.9. The Morgan fingerprint density at radius 2 is 1.65 bits per heavy atom. The van der Waals surface area contributed by atoms with E-state index in [9.17, 15) is 9.59 Å². The summed E-state index contributed by atoms with van der Waals surface area (Å²) >= 11 is 0. The third kappa shape index (κ3) is 4.75. The molecule has 0 aliphatic rings. The van der Waals surface area contributed by atoms with Crippen molar-refractivity contribution in [2.45, 2.75) is 41.5 Å². The van der Waals surface area contributed by atoms with Gasteiger partial charge in [0.25, 0.3) is 0 Å². The molecule has 0 aliphatic carbocycles. The highest BCUT2D eigenvalue weighted by Crippen LogP contribution is 2.25. The second-order valence-corrected chi connectivity index (χ2v) is 5.92. The van der Waals surface area contributed by atoms with Crippen LogP contribution >= 0.6 is 0 Å². The molecule has 0 aromatic rings. The van der Waals surface area contributed by atoms with Gasteiger partial charge in [-0.3, -0.25) is 9.59 Å². The Hall–Kier alpha value is -1.06. The van der Waals surface area contributed by atoms with Gasteiger partial charge in [-0.25, -0.2) is 0 Å². The number of nitrogens with one attached hydrogen (secondary N) is 1. The summed E-state index contributed by atoms with van der Waals surface area (Å²) in [4.78, 5) is 22.8. The molecule has 1 amide bonds. The maximum absolute atomic E-state index is 11.8. The van der Waals surface area contributed by atoms with Crippen LogP contribution in [0.2, 0.25) is 0 Å². The average Bonchev–Trinajstić information content (AvgIpc) is 2.13. The molecule has 0 spiro atoms. The highest BCUT2D eigenvalue weighted by Gasteiger charge is 2.31. The van der Waals surface area contributed by atoms with Gasteiger partial charge < -0.3 is 10.4 Å². The summed E-state index contributed by atoms with van der Waals surface area (Å²) in [6.45, 7) is 12.3. The van der Waals surface area contributed by atoms with E-state index in [-0.39, 0.29) is 17.2 Å². The fraction of sp³-hybridized carbons (Fsp3) is 0.846. The van der Waals surface area contributed by atoms with E-state index in [1.807, 2.05) is 0 Å². The lowest BCUT2D eigenvalue weighted by molar-refractivity contribution is -0.149. The summed E-state index contributed by atoms with van der Waals surface area (Å²) in [5, 5.41) is 11.7. The lowest BCUT2D eigenvalue weighted by Gasteiger charge is -2.30. The lowest BCUT2D eigenvalue weighted by Crippen LogP contribution is -2.43. The third-order valence-electron chi connectivity index (χ3n) is 3.50. The van der Waals surface area contributed by atoms with Crippen LogP contribution in [0.25, 0.3) is 0 Å². The molecule has 100 valence electrons. The predicted molar refractivity (Wildman–Crippen MR) is 67.6 cm³/mol. The average molecular weight is 243 g/mol. The van der Waals surface area contributed by atoms with Gasteiger partial charge in [0.15, 0.2) is 0 Å².